The Morgan fingerprint density at radius 1 is 0.462 bits per heavy atom. The van der Waals surface area contributed by atoms with Crippen LogP contribution in [0.5, 0.6) is 0 Å². The summed E-state index contributed by atoms with van der Waals surface area (Å²) in [7, 11) is 0. The number of hydrogen-bond donors (Lipinski definition) is 0. The molecule has 434 valence electrons. The van der Waals surface area contributed by atoms with Crippen LogP contribution >= 0.6 is 11.3 Å². The van der Waals surface area contributed by atoms with Crippen LogP contribution in [-0.4, -0.2) is 39.9 Å². The molecule has 91 heavy (non-hydrogen) atoms. The molecule has 13 heteroatoms. The van der Waals surface area contributed by atoms with Gasteiger partial charge in [0.15, 0.2) is 40.6 Å². The number of aryl methyl sites for hydroxylation is 2. The van der Waals surface area contributed by atoms with Gasteiger partial charge in [-0.3, -0.25) is 0 Å². The minimum absolute atomic E-state index is 0.312. The van der Waals surface area contributed by atoms with Crippen molar-refractivity contribution >= 4 is 37.2 Å². The van der Waals surface area contributed by atoms with E-state index in [-0.39, 0.29) is 11.6 Å². The van der Waals surface area contributed by atoms with Gasteiger partial charge in [0.05, 0.1) is 18.2 Å². The highest BCUT2D eigenvalue weighted by atomic mass is 32.1. The van der Waals surface area contributed by atoms with Crippen molar-refractivity contribution in [2.75, 3.05) is 0 Å². The Balaban J connectivity index is 0.854. The van der Waals surface area contributed by atoms with Crippen molar-refractivity contribution in [1.82, 2.24) is 39.9 Å². The van der Waals surface area contributed by atoms with Gasteiger partial charge in [-0.05, 0) is 188 Å². The van der Waals surface area contributed by atoms with Gasteiger partial charge in [0.25, 0.3) is 0 Å². The number of aromatic nitrogens is 8. The van der Waals surface area contributed by atoms with Gasteiger partial charge >= 0.3 is 0 Å². The Kier molecular flexibility index (Phi) is 12.6. The Morgan fingerprint density at radius 2 is 0.978 bits per heavy atom. The van der Waals surface area contributed by atoms with Crippen LogP contribution in [0.4, 0.5) is 14.5 Å². The summed E-state index contributed by atoms with van der Waals surface area (Å²) < 4.78 is 31.0. The molecule has 13 aromatic rings. The first-order valence-electron chi connectivity index (χ1n) is 30.8. The van der Waals surface area contributed by atoms with Gasteiger partial charge in [0, 0.05) is 76.3 Å². The second kappa shape index (κ2) is 21.2. The average molecular weight is 1200 g/mol. The molecule has 18 rings (SSSR count). The van der Waals surface area contributed by atoms with Crippen LogP contribution in [-0.2, 0) is 5.41 Å². The molecule has 10 nitrogen and oxygen atoms in total. The summed E-state index contributed by atoms with van der Waals surface area (Å²) in [5.41, 5.74) is 15.4. The van der Waals surface area contributed by atoms with E-state index in [0.29, 0.717) is 98.1 Å². The Bertz CT molecular complexity index is 5110. The highest BCUT2D eigenvalue weighted by Gasteiger charge is 2.62. The monoisotopic (exact) mass is 1200 g/mol. The number of thiophene rings is 1. The molecule has 4 aromatic heterocycles. The summed E-state index contributed by atoms with van der Waals surface area (Å²) in [5.74, 6) is 4.03. The minimum atomic E-state index is -0.436. The number of rotatable bonds is 9. The highest BCUT2D eigenvalue weighted by Crippen LogP contribution is 2.70. The standard InChI is InChI=1S/C78H52F2N10S/c1-42-11-15-46(16-12-42)71-85-72(48-19-24-54(79)25-20-48)88-75(87-71)50-23-28-56(61(36-50)59-9-6-8-58-57-7-4-5-10-69(57)91-70(58)59)60-38-65-62(37-51(60)41-81)63-40-68(82-3)64(39-66(63)78(65)52-32-44-31-45(34-52)35-53(78)33-44)76-83-30-29-67(84-76)77-89-73(47-17-13-43(2)14-18-47)86-74(90-77)49-21-26-55(80)27-22-49/h4-30,36-40,44-45,52-53H,31-35H2,1-2H3. The summed E-state index contributed by atoms with van der Waals surface area (Å²) in [6.07, 6.45) is 7.33. The van der Waals surface area contributed by atoms with E-state index in [9.17, 15) is 14.0 Å². The van der Waals surface area contributed by atoms with Crippen LogP contribution in [0, 0.1) is 67.1 Å². The molecule has 5 aliphatic rings. The number of nitrogens with zero attached hydrogens (tertiary/aromatic N) is 10. The fourth-order valence-electron chi connectivity index (χ4n) is 15.7. The maximum absolute atomic E-state index is 14.5. The summed E-state index contributed by atoms with van der Waals surface area (Å²) in [5, 5.41) is 14.0. The fraction of sp³-hybridized carbons (Fsp3) is 0.154. The van der Waals surface area contributed by atoms with Crippen molar-refractivity contribution in [2.24, 2.45) is 23.7 Å². The number of halogens is 2. The average Bonchev–Trinajstić information content (AvgIpc) is 1.56. The zero-order chi connectivity index (χ0) is 61.2. The lowest BCUT2D eigenvalue weighted by molar-refractivity contribution is -0.0399. The smallest absolute Gasteiger partial charge is 0.198 e. The molecule has 0 aliphatic heterocycles. The van der Waals surface area contributed by atoms with E-state index in [4.69, 9.17) is 46.4 Å². The zero-order valence-electron chi connectivity index (χ0n) is 49.5. The Morgan fingerprint density at radius 3 is 1.56 bits per heavy atom. The molecule has 0 atom stereocenters. The Hall–Kier alpha value is -10.9. The third-order valence-electron chi connectivity index (χ3n) is 19.6. The predicted molar refractivity (Wildman–Crippen MR) is 354 cm³/mol. The van der Waals surface area contributed by atoms with E-state index in [1.54, 1.807) is 47.9 Å². The quantitative estimate of drug-likeness (QED) is 0.130. The van der Waals surface area contributed by atoms with Crippen molar-refractivity contribution in [3.05, 3.63) is 245 Å². The number of benzene rings is 9. The second-order valence-electron chi connectivity index (χ2n) is 24.9. The summed E-state index contributed by atoms with van der Waals surface area (Å²) in [4.78, 5) is 44.5. The van der Waals surface area contributed by atoms with Gasteiger partial charge in [-0.25, -0.2) is 53.5 Å². The van der Waals surface area contributed by atoms with Gasteiger partial charge in [-0.15, -0.1) is 11.3 Å². The van der Waals surface area contributed by atoms with Crippen LogP contribution in [0.25, 0.3) is 138 Å². The van der Waals surface area contributed by atoms with E-state index < -0.39 is 5.41 Å². The summed E-state index contributed by atoms with van der Waals surface area (Å²) in [6.45, 7) is 12.9. The number of fused-ring (bicyclic) bond motifs is 6. The first-order chi connectivity index (χ1) is 44.5. The van der Waals surface area contributed by atoms with Crippen molar-refractivity contribution in [3.63, 3.8) is 0 Å². The molecular formula is C78H52F2N10S. The molecule has 4 saturated carbocycles. The number of hydrogen-bond acceptors (Lipinski definition) is 10. The molecule has 4 heterocycles. The van der Waals surface area contributed by atoms with Crippen molar-refractivity contribution in [2.45, 2.75) is 51.4 Å². The summed E-state index contributed by atoms with van der Waals surface area (Å²) in [6, 6.07) is 62.9. The molecule has 5 aliphatic carbocycles. The summed E-state index contributed by atoms with van der Waals surface area (Å²) >= 11 is 1.76. The molecule has 0 radical (unpaired) electrons. The van der Waals surface area contributed by atoms with Crippen LogP contribution in [0.15, 0.2) is 194 Å². The maximum Gasteiger partial charge on any atom is 0.198 e. The molecule has 4 fully saturated rings. The first kappa shape index (κ1) is 54.3. The van der Waals surface area contributed by atoms with E-state index in [0.717, 1.165) is 103 Å². The van der Waals surface area contributed by atoms with Gasteiger partial charge < -0.3 is 0 Å². The van der Waals surface area contributed by atoms with Gasteiger partial charge in [0.2, 0.25) is 0 Å². The predicted octanol–water partition coefficient (Wildman–Crippen LogP) is 19.3. The topological polar surface area (TPSA) is 131 Å². The molecule has 4 bridgehead atoms. The normalized spacial score (nSPS) is 18.4. The zero-order valence-corrected chi connectivity index (χ0v) is 50.3. The highest BCUT2D eigenvalue weighted by molar-refractivity contribution is 7.26. The SMILES string of the molecule is [C-]#[N+]c1cc2c(cc1-c1nccc(-c3nc(-c4ccc(C)cc4)nc(-c4ccc(F)cc4)n3)n1)C1(c3cc(-c4ccc(-c5nc(-c6ccc(C)cc6)nc(-c6ccc(F)cc6)n5)cc4-c4cccc5c4sc4ccccc45)c(C#N)cc3-2)C2CC3CC(C2)CC1C3. The lowest BCUT2D eigenvalue weighted by atomic mass is 9.43. The molecule has 0 unspecified atom stereocenters. The van der Waals surface area contributed by atoms with E-state index >= 15 is 0 Å². The molecule has 0 amide bonds. The van der Waals surface area contributed by atoms with Crippen LogP contribution < -0.4 is 0 Å². The van der Waals surface area contributed by atoms with Gasteiger partial charge in [-0.1, -0.05) is 114 Å². The van der Waals surface area contributed by atoms with E-state index in [2.05, 4.69) is 89.8 Å². The number of nitriles is 1. The van der Waals surface area contributed by atoms with Crippen LogP contribution in [0.3, 0.4) is 0 Å². The van der Waals surface area contributed by atoms with Crippen molar-refractivity contribution in [1.29, 1.82) is 5.26 Å². The van der Waals surface area contributed by atoms with E-state index in [1.165, 1.54) is 46.3 Å². The van der Waals surface area contributed by atoms with Crippen molar-refractivity contribution in [3.8, 4) is 119 Å². The fourth-order valence-corrected chi connectivity index (χ4v) is 16.9. The maximum atomic E-state index is 14.5. The van der Waals surface area contributed by atoms with Crippen LogP contribution in [0.1, 0.15) is 59.9 Å². The first-order valence-corrected chi connectivity index (χ1v) is 31.6. The Labute approximate surface area is 527 Å². The molecule has 1 spiro atoms. The van der Waals surface area contributed by atoms with Crippen molar-refractivity contribution < 1.29 is 8.78 Å². The second-order valence-corrected chi connectivity index (χ2v) is 26.0. The molecule has 9 aromatic carbocycles. The molecular weight excluding hydrogens is 1150 g/mol. The molecule has 0 saturated heterocycles. The van der Waals surface area contributed by atoms with Gasteiger partial charge in [-0.2, -0.15) is 5.26 Å². The minimum Gasteiger partial charge on any atom is -0.238 e. The lowest BCUT2D eigenvalue weighted by Crippen LogP contribution is -2.55. The van der Waals surface area contributed by atoms with Gasteiger partial charge in [0.1, 0.15) is 23.2 Å². The molecule has 0 N–H and O–H groups in total. The largest absolute Gasteiger partial charge is 0.238 e. The lowest BCUT2D eigenvalue weighted by Gasteiger charge is -2.61. The third kappa shape index (κ3) is 8.97. The van der Waals surface area contributed by atoms with Crippen LogP contribution in [0.2, 0.25) is 0 Å². The van der Waals surface area contributed by atoms with E-state index in [1.807, 2.05) is 68.4 Å². The third-order valence-corrected chi connectivity index (χ3v) is 20.8.